The predicted octanol–water partition coefficient (Wildman–Crippen LogP) is 0.973. The molecule has 2 saturated carbocycles. The summed E-state index contributed by atoms with van der Waals surface area (Å²) >= 11 is 0. The minimum atomic E-state index is -1.53. The van der Waals surface area contributed by atoms with Crippen molar-refractivity contribution in [3.63, 3.8) is 0 Å². The molecule has 0 aromatic rings. The molecular weight excluding hydrogens is 472 g/mol. The van der Waals surface area contributed by atoms with Crippen molar-refractivity contribution in [3.05, 3.63) is 11.6 Å². The molecule has 7 aliphatic rings. The molecule has 10 nitrogen and oxygen atoms in total. The van der Waals surface area contributed by atoms with E-state index in [9.17, 15) is 24.3 Å². The average Bonchev–Trinajstić information content (AvgIpc) is 3.43. The number of carbonyl (C=O) groups is 4. The summed E-state index contributed by atoms with van der Waals surface area (Å²) in [6.07, 6.45) is -1.25. The molecule has 36 heavy (non-hydrogen) atoms. The Balaban J connectivity index is 1.39. The number of rotatable bonds is 1. The molecule has 7 rings (SSSR count). The maximum absolute atomic E-state index is 14.3. The second-order valence-electron chi connectivity index (χ2n) is 12.6. The number of cyclic esters (lactones) is 3. The molecule has 4 saturated heterocycles. The Bertz CT molecular complexity index is 1170. The molecule has 0 aromatic heterocycles. The monoisotopic (exact) mass is 502 g/mol. The number of aliphatic hydroxyl groups excluding tert-OH is 1. The first-order valence-corrected chi connectivity index (χ1v) is 12.7. The number of ketones is 1. The average molecular weight is 503 g/mol. The van der Waals surface area contributed by atoms with Crippen molar-refractivity contribution in [2.45, 2.75) is 89.2 Å². The van der Waals surface area contributed by atoms with Crippen LogP contribution in [0.4, 0.5) is 0 Å². The number of aliphatic hydroxyl groups is 1. The SMILES string of the molecule is CC1(C)O[C@H]2CC(=O)OC[C@]23[C@H]2CC[C@@]4(C)C(C5=CC(=O)OC5O)OC(=O)C5O[C@]54[C@]2(C)C(=O)C[C@@H]13. The van der Waals surface area contributed by atoms with Crippen LogP contribution in [0.3, 0.4) is 0 Å². The highest BCUT2D eigenvalue weighted by molar-refractivity contribution is 5.94. The topological polar surface area (TPSA) is 138 Å². The van der Waals surface area contributed by atoms with Crippen LogP contribution in [0.25, 0.3) is 0 Å². The second kappa shape index (κ2) is 6.39. The first kappa shape index (κ1) is 22.9. The lowest BCUT2D eigenvalue weighted by Crippen LogP contribution is -2.74. The van der Waals surface area contributed by atoms with Crippen LogP contribution >= 0.6 is 0 Å². The molecule has 0 bridgehead atoms. The van der Waals surface area contributed by atoms with Crippen molar-refractivity contribution < 1.29 is 48.0 Å². The summed E-state index contributed by atoms with van der Waals surface area (Å²) in [4.78, 5) is 51.7. The zero-order valence-corrected chi connectivity index (χ0v) is 20.7. The van der Waals surface area contributed by atoms with Gasteiger partial charge in [-0.1, -0.05) is 6.92 Å². The Labute approximate surface area is 207 Å². The Morgan fingerprint density at radius 1 is 0.944 bits per heavy atom. The highest BCUT2D eigenvalue weighted by atomic mass is 16.7. The van der Waals surface area contributed by atoms with E-state index in [0.717, 1.165) is 0 Å². The number of ether oxygens (including phenoxy) is 5. The maximum atomic E-state index is 14.3. The Kier molecular flexibility index (Phi) is 4.06. The van der Waals surface area contributed by atoms with E-state index in [1.165, 1.54) is 6.08 Å². The summed E-state index contributed by atoms with van der Waals surface area (Å²) in [5.41, 5.74) is -4.23. The van der Waals surface area contributed by atoms with E-state index < -0.39 is 64.0 Å². The van der Waals surface area contributed by atoms with E-state index in [-0.39, 0.29) is 48.6 Å². The molecule has 0 aromatic carbocycles. The van der Waals surface area contributed by atoms with Gasteiger partial charge >= 0.3 is 17.9 Å². The van der Waals surface area contributed by atoms with Gasteiger partial charge in [0.1, 0.15) is 24.1 Å². The van der Waals surface area contributed by atoms with E-state index in [2.05, 4.69) is 0 Å². The van der Waals surface area contributed by atoms with E-state index in [1.807, 2.05) is 27.7 Å². The lowest BCUT2D eigenvalue weighted by Gasteiger charge is -2.65. The minimum absolute atomic E-state index is 0.00694. The second-order valence-corrected chi connectivity index (χ2v) is 12.6. The summed E-state index contributed by atoms with van der Waals surface area (Å²) < 4.78 is 29.1. The Hall–Kier alpha value is -2.30. The van der Waals surface area contributed by atoms with E-state index in [1.54, 1.807) is 0 Å². The van der Waals surface area contributed by atoms with E-state index in [4.69, 9.17) is 23.7 Å². The minimum Gasteiger partial charge on any atom is -0.465 e. The first-order chi connectivity index (χ1) is 16.8. The first-order valence-electron chi connectivity index (χ1n) is 12.7. The van der Waals surface area contributed by atoms with Crippen LogP contribution in [0.5, 0.6) is 0 Å². The molecule has 0 amide bonds. The van der Waals surface area contributed by atoms with Gasteiger partial charge in [0.25, 0.3) is 0 Å². The van der Waals surface area contributed by atoms with Crippen molar-refractivity contribution in [1.82, 2.24) is 0 Å². The quantitative estimate of drug-likeness (QED) is 0.314. The molecule has 2 spiro atoms. The van der Waals surface area contributed by atoms with E-state index >= 15 is 0 Å². The van der Waals surface area contributed by atoms with Crippen molar-refractivity contribution in [2.24, 2.45) is 28.1 Å². The molecule has 5 aliphatic heterocycles. The van der Waals surface area contributed by atoms with Crippen LogP contribution in [0.1, 0.15) is 53.4 Å². The summed E-state index contributed by atoms with van der Waals surface area (Å²) in [6, 6.07) is 0. The maximum Gasteiger partial charge on any atom is 0.339 e. The van der Waals surface area contributed by atoms with Gasteiger partial charge in [-0.15, -0.1) is 0 Å². The van der Waals surface area contributed by atoms with Crippen molar-refractivity contribution in [2.75, 3.05) is 6.61 Å². The van der Waals surface area contributed by atoms with Crippen molar-refractivity contribution in [1.29, 1.82) is 0 Å². The van der Waals surface area contributed by atoms with Crippen LogP contribution in [0.2, 0.25) is 0 Å². The zero-order valence-electron chi connectivity index (χ0n) is 20.7. The highest BCUT2D eigenvalue weighted by Gasteiger charge is 2.90. The number of fused-ring (bicyclic) bond motifs is 1. The number of carbonyl (C=O) groups excluding carboxylic acids is 4. The normalized spacial score (nSPS) is 54.1. The fourth-order valence-corrected chi connectivity index (χ4v) is 9.54. The lowest BCUT2D eigenvalue weighted by molar-refractivity contribution is -0.223. The van der Waals surface area contributed by atoms with Gasteiger partial charge in [0, 0.05) is 34.8 Å². The molecule has 5 heterocycles. The summed E-state index contributed by atoms with van der Waals surface area (Å²) in [5, 5.41) is 10.4. The van der Waals surface area contributed by atoms with Gasteiger partial charge in [-0.3, -0.25) is 9.59 Å². The number of Topliss-reactive ketones (excluding diaryl/α,β-unsaturated/α-hetero) is 1. The standard InChI is InChI=1S/C26H30O10/c1-22(2)13-8-14(27)24(4)12(25(13)10-32-16(28)9-15(25)35-22)5-6-23(3)18(11-7-17(29)33-20(11)30)34-21(31)19-26(23,24)36-19/h7,12-13,15,18-20,30H,5-6,8-10H2,1-4H3/t12-,13-,15-,18?,19?,20?,23-,24-,25+,26+/m0/s1. The number of hydrogen-bond acceptors (Lipinski definition) is 10. The van der Waals surface area contributed by atoms with Gasteiger partial charge in [-0.25, -0.2) is 9.59 Å². The van der Waals surface area contributed by atoms with Crippen molar-refractivity contribution in [3.8, 4) is 0 Å². The van der Waals surface area contributed by atoms with Crippen LogP contribution < -0.4 is 0 Å². The van der Waals surface area contributed by atoms with Crippen LogP contribution in [-0.4, -0.2) is 71.2 Å². The molecule has 6 fully saturated rings. The molecular formula is C26H30O10. The molecule has 3 unspecified atom stereocenters. The van der Waals surface area contributed by atoms with Gasteiger partial charge in [-0.2, -0.15) is 0 Å². The third kappa shape index (κ3) is 2.23. The molecule has 10 atom stereocenters. The Morgan fingerprint density at radius 3 is 2.39 bits per heavy atom. The number of hydrogen-bond donors (Lipinski definition) is 1. The van der Waals surface area contributed by atoms with Crippen LogP contribution in [0, 0.1) is 28.1 Å². The van der Waals surface area contributed by atoms with Crippen molar-refractivity contribution >= 4 is 23.7 Å². The summed E-state index contributed by atoms with van der Waals surface area (Å²) in [5.74, 6) is -2.06. The van der Waals surface area contributed by atoms with Gasteiger partial charge < -0.3 is 28.8 Å². The predicted molar refractivity (Wildman–Crippen MR) is 117 cm³/mol. The third-order valence-corrected chi connectivity index (χ3v) is 11.0. The molecule has 10 heteroatoms. The molecule has 2 aliphatic carbocycles. The fraction of sp³-hybridized carbons (Fsp3) is 0.769. The highest BCUT2D eigenvalue weighted by Crippen LogP contribution is 2.78. The Morgan fingerprint density at radius 2 is 1.69 bits per heavy atom. The smallest absolute Gasteiger partial charge is 0.339 e. The largest absolute Gasteiger partial charge is 0.465 e. The number of epoxide rings is 1. The molecule has 194 valence electrons. The lowest BCUT2D eigenvalue weighted by atomic mass is 9.37. The van der Waals surface area contributed by atoms with Crippen LogP contribution in [0.15, 0.2) is 11.6 Å². The van der Waals surface area contributed by atoms with Gasteiger partial charge in [0.2, 0.25) is 6.29 Å². The van der Waals surface area contributed by atoms with Gasteiger partial charge in [-0.05, 0) is 39.5 Å². The summed E-state index contributed by atoms with van der Waals surface area (Å²) in [7, 11) is 0. The van der Waals surface area contributed by atoms with Crippen LogP contribution in [-0.2, 0) is 42.9 Å². The van der Waals surface area contributed by atoms with Gasteiger partial charge in [0.05, 0.1) is 23.5 Å². The summed E-state index contributed by atoms with van der Waals surface area (Å²) in [6.45, 7) is 7.90. The molecule has 0 radical (unpaired) electrons. The molecule has 1 N–H and O–H groups in total. The number of esters is 3. The van der Waals surface area contributed by atoms with E-state index in [0.29, 0.717) is 12.8 Å². The third-order valence-electron chi connectivity index (χ3n) is 11.0. The zero-order chi connectivity index (χ0) is 25.6. The van der Waals surface area contributed by atoms with Gasteiger partial charge in [0.15, 0.2) is 6.10 Å². The fourth-order valence-electron chi connectivity index (χ4n) is 9.54.